The van der Waals surface area contributed by atoms with Crippen LogP contribution >= 0.6 is 0 Å². The Labute approximate surface area is 139 Å². The number of fused-ring (bicyclic) bond motifs is 3. The summed E-state index contributed by atoms with van der Waals surface area (Å²) in [5.74, 6) is 2.56. The van der Waals surface area contributed by atoms with Gasteiger partial charge in [-0.2, -0.15) is 0 Å². The maximum absolute atomic E-state index is 4.09. The van der Waals surface area contributed by atoms with E-state index in [9.17, 15) is 0 Å². The molecule has 2 aliphatic carbocycles. The predicted molar refractivity (Wildman–Crippen MR) is 98.4 cm³/mol. The van der Waals surface area contributed by atoms with Crippen LogP contribution in [-0.4, -0.2) is 0 Å². The zero-order valence-electron chi connectivity index (χ0n) is 13.6. The molecule has 116 valence electrons. The molecule has 0 nitrogen and oxygen atoms in total. The highest BCUT2D eigenvalue weighted by Gasteiger charge is 2.36. The largest absolute Gasteiger partial charge is 0.103 e. The van der Waals surface area contributed by atoms with E-state index in [0.717, 1.165) is 5.92 Å². The molecular formula is C23H24. The molecule has 0 aromatic heterocycles. The van der Waals surface area contributed by atoms with Crippen LogP contribution in [0, 0.1) is 17.8 Å². The second-order valence-corrected chi connectivity index (χ2v) is 7.09. The topological polar surface area (TPSA) is 0 Å². The Bertz CT molecular complexity index is 694. The van der Waals surface area contributed by atoms with Gasteiger partial charge < -0.3 is 0 Å². The minimum atomic E-state index is 0.540. The number of hydrogen-bond donors (Lipinski definition) is 0. The van der Waals surface area contributed by atoms with Gasteiger partial charge in [0, 0.05) is 5.92 Å². The van der Waals surface area contributed by atoms with Crippen molar-refractivity contribution in [2.45, 2.75) is 25.2 Å². The minimum Gasteiger partial charge on any atom is -0.103 e. The van der Waals surface area contributed by atoms with Crippen molar-refractivity contribution in [1.29, 1.82) is 0 Å². The van der Waals surface area contributed by atoms with Crippen molar-refractivity contribution >= 4 is 0 Å². The molecule has 0 aliphatic heterocycles. The lowest BCUT2D eigenvalue weighted by molar-refractivity contribution is 0.406. The molecule has 0 N–H and O–H groups in total. The Morgan fingerprint density at radius 1 is 0.826 bits per heavy atom. The normalized spacial score (nSPS) is 25.8. The molecule has 2 aliphatic rings. The lowest BCUT2D eigenvalue weighted by Gasteiger charge is -2.22. The molecule has 2 aromatic carbocycles. The van der Waals surface area contributed by atoms with Gasteiger partial charge in [-0.15, -0.1) is 13.2 Å². The van der Waals surface area contributed by atoms with Gasteiger partial charge in [-0.3, -0.25) is 0 Å². The van der Waals surface area contributed by atoms with Crippen molar-refractivity contribution in [2.24, 2.45) is 17.8 Å². The summed E-state index contributed by atoms with van der Waals surface area (Å²) < 4.78 is 0. The summed E-state index contributed by atoms with van der Waals surface area (Å²) in [5.41, 5.74) is 5.89. The Hall–Kier alpha value is -2.08. The Morgan fingerprint density at radius 3 is 2.00 bits per heavy atom. The number of rotatable bonds is 4. The SMILES string of the molecule is C=CC1CC(C=C)C(CC2c3ccccc3-c3ccccc32)C1. The zero-order valence-corrected chi connectivity index (χ0v) is 13.6. The second-order valence-electron chi connectivity index (χ2n) is 7.09. The van der Waals surface area contributed by atoms with E-state index in [1.54, 1.807) is 0 Å². The van der Waals surface area contributed by atoms with Crippen molar-refractivity contribution in [3.63, 3.8) is 0 Å². The van der Waals surface area contributed by atoms with Crippen LogP contribution in [0.1, 0.15) is 36.3 Å². The Kier molecular flexibility index (Phi) is 3.69. The molecule has 0 saturated heterocycles. The fraction of sp³-hybridized carbons (Fsp3) is 0.304. The quantitative estimate of drug-likeness (QED) is 0.589. The van der Waals surface area contributed by atoms with Crippen molar-refractivity contribution in [3.05, 3.63) is 85.0 Å². The van der Waals surface area contributed by atoms with Gasteiger partial charge in [0.15, 0.2) is 0 Å². The van der Waals surface area contributed by atoms with E-state index in [-0.39, 0.29) is 0 Å². The third-order valence-corrected chi connectivity index (χ3v) is 5.92. The molecule has 4 rings (SSSR count). The Balaban J connectivity index is 1.69. The first-order chi connectivity index (χ1) is 11.3. The number of hydrogen-bond acceptors (Lipinski definition) is 0. The molecule has 0 heteroatoms. The summed E-state index contributed by atoms with van der Waals surface area (Å²) in [5, 5.41) is 0. The Morgan fingerprint density at radius 2 is 1.43 bits per heavy atom. The number of benzene rings is 2. The fourth-order valence-electron chi connectivity index (χ4n) is 4.77. The molecule has 0 spiro atoms. The zero-order chi connectivity index (χ0) is 15.8. The third-order valence-electron chi connectivity index (χ3n) is 5.92. The molecule has 3 unspecified atom stereocenters. The first-order valence-corrected chi connectivity index (χ1v) is 8.75. The molecule has 0 radical (unpaired) electrons. The van der Waals surface area contributed by atoms with Gasteiger partial charge >= 0.3 is 0 Å². The summed E-state index contributed by atoms with van der Waals surface area (Å²) >= 11 is 0. The van der Waals surface area contributed by atoms with Crippen molar-refractivity contribution in [1.82, 2.24) is 0 Å². The van der Waals surface area contributed by atoms with Crippen LogP contribution in [0.5, 0.6) is 0 Å². The fourth-order valence-corrected chi connectivity index (χ4v) is 4.77. The lowest BCUT2D eigenvalue weighted by Crippen LogP contribution is -2.10. The van der Waals surface area contributed by atoms with Gasteiger partial charge in [-0.1, -0.05) is 60.7 Å². The van der Waals surface area contributed by atoms with Crippen LogP contribution in [0.4, 0.5) is 0 Å². The molecule has 1 saturated carbocycles. The minimum absolute atomic E-state index is 0.540. The standard InChI is InChI=1S/C23H24/c1-3-16-13-17(4-2)18(14-16)15-23-21-11-7-5-9-19(21)20-10-6-8-12-22(20)23/h3-12,16-18,23H,1-2,13-15H2. The van der Waals surface area contributed by atoms with E-state index in [4.69, 9.17) is 0 Å². The highest BCUT2D eigenvalue weighted by molar-refractivity contribution is 5.78. The van der Waals surface area contributed by atoms with Gasteiger partial charge in [0.1, 0.15) is 0 Å². The summed E-state index contributed by atoms with van der Waals surface area (Å²) in [6.07, 6.45) is 8.05. The van der Waals surface area contributed by atoms with Crippen molar-refractivity contribution in [3.8, 4) is 11.1 Å². The van der Waals surface area contributed by atoms with Crippen LogP contribution in [0.2, 0.25) is 0 Å². The van der Waals surface area contributed by atoms with E-state index < -0.39 is 0 Å². The van der Waals surface area contributed by atoms with E-state index in [0.29, 0.717) is 17.8 Å². The van der Waals surface area contributed by atoms with Crippen LogP contribution in [0.15, 0.2) is 73.8 Å². The number of allylic oxidation sites excluding steroid dienone is 2. The average Bonchev–Trinajstić information content (AvgIpc) is 3.15. The average molecular weight is 300 g/mol. The summed E-state index contributed by atoms with van der Waals surface area (Å²) in [4.78, 5) is 0. The van der Waals surface area contributed by atoms with Crippen LogP contribution < -0.4 is 0 Å². The van der Waals surface area contributed by atoms with Crippen LogP contribution in [0.25, 0.3) is 11.1 Å². The van der Waals surface area contributed by atoms with Crippen LogP contribution in [-0.2, 0) is 0 Å². The maximum atomic E-state index is 4.09. The summed E-state index contributed by atoms with van der Waals surface area (Å²) in [6, 6.07) is 17.9. The van der Waals surface area contributed by atoms with E-state index in [1.165, 1.54) is 41.5 Å². The molecule has 2 aromatic rings. The maximum Gasteiger partial charge on any atom is 0.0104 e. The smallest absolute Gasteiger partial charge is 0.0104 e. The van der Waals surface area contributed by atoms with Gasteiger partial charge in [-0.05, 0) is 59.3 Å². The lowest BCUT2D eigenvalue weighted by atomic mass is 9.82. The van der Waals surface area contributed by atoms with Gasteiger partial charge in [-0.25, -0.2) is 0 Å². The third kappa shape index (κ3) is 2.37. The second kappa shape index (κ2) is 5.85. The molecule has 0 amide bonds. The van der Waals surface area contributed by atoms with Crippen molar-refractivity contribution < 1.29 is 0 Å². The first-order valence-electron chi connectivity index (χ1n) is 8.75. The predicted octanol–water partition coefficient (Wildman–Crippen LogP) is 6.20. The van der Waals surface area contributed by atoms with Gasteiger partial charge in [0.25, 0.3) is 0 Å². The highest BCUT2D eigenvalue weighted by Crippen LogP contribution is 2.50. The summed E-state index contributed by atoms with van der Waals surface area (Å²) in [6.45, 7) is 8.11. The molecular weight excluding hydrogens is 276 g/mol. The van der Waals surface area contributed by atoms with E-state index in [2.05, 4.69) is 73.8 Å². The molecule has 1 fully saturated rings. The van der Waals surface area contributed by atoms with Gasteiger partial charge in [0.2, 0.25) is 0 Å². The molecule has 0 heterocycles. The van der Waals surface area contributed by atoms with Crippen molar-refractivity contribution in [2.75, 3.05) is 0 Å². The molecule has 3 atom stereocenters. The van der Waals surface area contributed by atoms with Crippen LogP contribution in [0.3, 0.4) is 0 Å². The molecule has 0 bridgehead atoms. The van der Waals surface area contributed by atoms with Gasteiger partial charge in [0.05, 0.1) is 0 Å². The van der Waals surface area contributed by atoms with E-state index >= 15 is 0 Å². The van der Waals surface area contributed by atoms with E-state index in [1.807, 2.05) is 0 Å². The summed E-state index contributed by atoms with van der Waals surface area (Å²) in [7, 11) is 0. The first kappa shape index (κ1) is 14.5. The monoisotopic (exact) mass is 300 g/mol. The highest BCUT2D eigenvalue weighted by atomic mass is 14.4. The molecule has 23 heavy (non-hydrogen) atoms.